The van der Waals surface area contributed by atoms with Gasteiger partial charge in [0.1, 0.15) is 11.5 Å². The number of aromatic nitrogens is 3. The summed E-state index contributed by atoms with van der Waals surface area (Å²) in [5.41, 5.74) is 8.17. The molecular formula is C13H21N5. The summed E-state index contributed by atoms with van der Waals surface area (Å²) < 4.78 is 2.01. The van der Waals surface area contributed by atoms with Gasteiger partial charge in [-0.3, -0.25) is 0 Å². The molecule has 0 aliphatic rings. The van der Waals surface area contributed by atoms with Crippen LogP contribution in [0.1, 0.15) is 38.7 Å². The number of aryl methyl sites for hydroxylation is 1. The lowest BCUT2D eigenvalue weighted by Crippen LogP contribution is -2.07. The lowest BCUT2D eigenvalue weighted by molar-refractivity contribution is 0.855. The Balaban J connectivity index is 2.56. The molecular weight excluding hydrogens is 226 g/mol. The van der Waals surface area contributed by atoms with Crippen molar-refractivity contribution in [3.8, 4) is 0 Å². The van der Waals surface area contributed by atoms with E-state index in [1.165, 1.54) is 5.56 Å². The Bertz CT molecular complexity index is 556. The van der Waals surface area contributed by atoms with Gasteiger partial charge in [0.2, 0.25) is 5.95 Å². The number of nitrogens with two attached hydrogens (primary N) is 1. The van der Waals surface area contributed by atoms with Crippen molar-refractivity contribution in [3.05, 3.63) is 11.8 Å². The van der Waals surface area contributed by atoms with Crippen LogP contribution in [-0.2, 0) is 7.05 Å². The minimum absolute atomic E-state index is 0.411. The molecule has 0 aromatic carbocycles. The maximum absolute atomic E-state index is 6.08. The second kappa shape index (κ2) is 4.84. The third-order valence-electron chi connectivity index (χ3n) is 3.03. The van der Waals surface area contributed by atoms with Crippen LogP contribution in [0, 0.1) is 0 Å². The predicted molar refractivity (Wildman–Crippen MR) is 75.8 cm³/mol. The van der Waals surface area contributed by atoms with Crippen LogP contribution in [0.4, 0.5) is 11.8 Å². The SMILES string of the molecule is CCCNc1nc(N)c2c(C(C)C)cn(C)c2n1. The summed E-state index contributed by atoms with van der Waals surface area (Å²) in [6, 6.07) is 0. The molecule has 0 aliphatic carbocycles. The number of hydrogen-bond donors (Lipinski definition) is 2. The third kappa shape index (κ3) is 2.12. The summed E-state index contributed by atoms with van der Waals surface area (Å²) in [6.07, 6.45) is 3.12. The van der Waals surface area contributed by atoms with Gasteiger partial charge in [-0.05, 0) is 17.9 Å². The van der Waals surface area contributed by atoms with Crippen molar-refractivity contribution >= 4 is 22.8 Å². The molecule has 5 nitrogen and oxygen atoms in total. The number of hydrogen-bond acceptors (Lipinski definition) is 4. The van der Waals surface area contributed by atoms with Gasteiger partial charge >= 0.3 is 0 Å². The van der Waals surface area contributed by atoms with Crippen LogP contribution in [0.3, 0.4) is 0 Å². The van der Waals surface area contributed by atoms with Crippen LogP contribution in [0.25, 0.3) is 11.0 Å². The van der Waals surface area contributed by atoms with Gasteiger partial charge in [-0.2, -0.15) is 9.97 Å². The van der Waals surface area contributed by atoms with E-state index in [0.717, 1.165) is 24.0 Å². The molecule has 0 fully saturated rings. The van der Waals surface area contributed by atoms with E-state index in [9.17, 15) is 0 Å². The smallest absolute Gasteiger partial charge is 0.226 e. The second-order valence-electron chi connectivity index (χ2n) is 4.91. The summed E-state index contributed by atoms with van der Waals surface area (Å²) in [4.78, 5) is 8.87. The molecule has 0 amide bonds. The molecule has 0 unspecified atom stereocenters. The van der Waals surface area contributed by atoms with Crippen molar-refractivity contribution in [2.24, 2.45) is 7.05 Å². The highest BCUT2D eigenvalue weighted by atomic mass is 15.2. The third-order valence-corrected chi connectivity index (χ3v) is 3.03. The number of fused-ring (bicyclic) bond motifs is 1. The van der Waals surface area contributed by atoms with Crippen LogP contribution >= 0.6 is 0 Å². The first-order valence-electron chi connectivity index (χ1n) is 6.40. The Labute approximate surface area is 107 Å². The monoisotopic (exact) mass is 247 g/mol. The van der Waals surface area contributed by atoms with Crippen LogP contribution in [0.2, 0.25) is 0 Å². The Hall–Kier alpha value is -1.78. The summed E-state index contributed by atoms with van der Waals surface area (Å²) in [5, 5.41) is 4.16. The van der Waals surface area contributed by atoms with Gasteiger partial charge in [0.15, 0.2) is 0 Å². The summed E-state index contributed by atoms with van der Waals surface area (Å²) in [5.74, 6) is 1.58. The minimum atomic E-state index is 0.411. The molecule has 0 atom stereocenters. The van der Waals surface area contributed by atoms with Crippen molar-refractivity contribution in [1.29, 1.82) is 0 Å². The maximum atomic E-state index is 6.08. The zero-order valence-electron chi connectivity index (χ0n) is 11.5. The summed E-state index contributed by atoms with van der Waals surface area (Å²) in [6.45, 7) is 7.26. The fourth-order valence-electron chi connectivity index (χ4n) is 2.09. The zero-order chi connectivity index (χ0) is 13.3. The first-order valence-corrected chi connectivity index (χ1v) is 6.40. The molecule has 0 bridgehead atoms. The zero-order valence-corrected chi connectivity index (χ0v) is 11.5. The Morgan fingerprint density at radius 1 is 1.39 bits per heavy atom. The van der Waals surface area contributed by atoms with Crippen molar-refractivity contribution in [2.75, 3.05) is 17.6 Å². The molecule has 2 heterocycles. The fourth-order valence-corrected chi connectivity index (χ4v) is 2.09. The number of anilines is 2. The van der Waals surface area contributed by atoms with E-state index in [-0.39, 0.29) is 0 Å². The number of nitrogens with zero attached hydrogens (tertiary/aromatic N) is 3. The number of rotatable bonds is 4. The van der Waals surface area contributed by atoms with Crippen molar-refractivity contribution in [3.63, 3.8) is 0 Å². The van der Waals surface area contributed by atoms with E-state index in [0.29, 0.717) is 17.7 Å². The topological polar surface area (TPSA) is 68.8 Å². The number of nitrogen functional groups attached to an aromatic ring is 1. The molecule has 0 spiro atoms. The quantitative estimate of drug-likeness (QED) is 0.871. The van der Waals surface area contributed by atoms with E-state index in [1.54, 1.807) is 0 Å². The molecule has 0 radical (unpaired) electrons. The molecule has 0 saturated heterocycles. The highest BCUT2D eigenvalue weighted by molar-refractivity contribution is 5.91. The Morgan fingerprint density at radius 3 is 2.72 bits per heavy atom. The van der Waals surface area contributed by atoms with Crippen molar-refractivity contribution in [2.45, 2.75) is 33.1 Å². The van der Waals surface area contributed by atoms with Gasteiger partial charge in [0, 0.05) is 19.8 Å². The van der Waals surface area contributed by atoms with Crippen LogP contribution < -0.4 is 11.1 Å². The molecule has 2 aromatic heterocycles. The maximum Gasteiger partial charge on any atom is 0.226 e. The predicted octanol–water partition coefficient (Wildman–Crippen LogP) is 2.50. The molecule has 2 aromatic rings. The summed E-state index contributed by atoms with van der Waals surface area (Å²) >= 11 is 0. The molecule has 18 heavy (non-hydrogen) atoms. The van der Waals surface area contributed by atoms with Gasteiger partial charge in [0.25, 0.3) is 0 Å². The highest BCUT2D eigenvalue weighted by Crippen LogP contribution is 2.30. The van der Waals surface area contributed by atoms with Gasteiger partial charge in [0.05, 0.1) is 5.39 Å². The van der Waals surface area contributed by atoms with E-state index < -0.39 is 0 Å². The van der Waals surface area contributed by atoms with Crippen LogP contribution in [0.5, 0.6) is 0 Å². The first-order chi connectivity index (χ1) is 8.54. The average molecular weight is 247 g/mol. The molecule has 5 heteroatoms. The molecule has 2 rings (SSSR count). The van der Waals surface area contributed by atoms with Gasteiger partial charge in [-0.15, -0.1) is 0 Å². The normalized spacial score (nSPS) is 11.4. The van der Waals surface area contributed by atoms with E-state index >= 15 is 0 Å². The van der Waals surface area contributed by atoms with Crippen LogP contribution in [-0.4, -0.2) is 21.1 Å². The molecule has 98 valence electrons. The summed E-state index contributed by atoms with van der Waals surface area (Å²) in [7, 11) is 1.99. The lowest BCUT2D eigenvalue weighted by atomic mass is 10.0. The van der Waals surface area contributed by atoms with Gasteiger partial charge in [-0.25, -0.2) is 0 Å². The Kier molecular flexibility index (Phi) is 3.41. The average Bonchev–Trinajstić information content (AvgIpc) is 2.65. The second-order valence-corrected chi connectivity index (χ2v) is 4.91. The molecule has 3 N–H and O–H groups in total. The van der Waals surface area contributed by atoms with Gasteiger partial charge in [-0.1, -0.05) is 20.8 Å². The largest absolute Gasteiger partial charge is 0.383 e. The lowest BCUT2D eigenvalue weighted by Gasteiger charge is -2.07. The van der Waals surface area contributed by atoms with Crippen molar-refractivity contribution in [1.82, 2.24) is 14.5 Å². The minimum Gasteiger partial charge on any atom is -0.383 e. The van der Waals surface area contributed by atoms with Crippen molar-refractivity contribution < 1.29 is 0 Å². The van der Waals surface area contributed by atoms with Gasteiger partial charge < -0.3 is 15.6 Å². The molecule has 0 saturated carbocycles. The van der Waals surface area contributed by atoms with E-state index in [2.05, 4.69) is 42.3 Å². The highest BCUT2D eigenvalue weighted by Gasteiger charge is 2.15. The molecule has 0 aliphatic heterocycles. The van der Waals surface area contributed by atoms with E-state index in [1.807, 2.05) is 11.6 Å². The fraction of sp³-hybridized carbons (Fsp3) is 0.538. The van der Waals surface area contributed by atoms with Crippen LogP contribution in [0.15, 0.2) is 6.20 Å². The van der Waals surface area contributed by atoms with E-state index in [4.69, 9.17) is 5.73 Å². The standard InChI is InChI=1S/C13H21N5/c1-5-6-15-13-16-11(14)10-9(8(2)3)7-18(4)12(10)17-13/h7-8H,5-6H2,1-4H3,(H3,14,15,16,17). The first kappa shape index (κ1) is 12.7. The Morgan fingerprint density at radius 2 is 2.11 bits per heavy atom. The number of nitrogens with one attached hydrogen (secondary N) is 1.